The lowest BCUT2D eigenvalue weighted by molar-refractivity contribution is 0.278. The Balaban J connectivity index is 2.36. The maximum absolute atomic E-state index is 6.19. The summed E-state index contributed by atoms with van der Waals surface area (Å²) >= 11 is 12.1. The van der Waals surface area contributed by atoms with Crippen LogP contribution in [0.3, 0.4) is 0 Å². The number of hydrogen-bond acceptors (Lipinski definition) is 3. The summed E-state index contributed by atoms with van der Waals surface area (Å²) in [4.78, 5) is 3.88. The Kier molecular flexibility index (Phi) is 4.82. The van der Waals surface area contributed by atoms with E-state index in [9.17, 15) is 0 Å². The zero-order valence-electron chi connectivity index (χ0n) is 10.4. The second kappa shape index (κ2) is 6.59. The van der Waals surface area contributed by atoms with Crippen molar-refractivity contribution in [3.05, 3.63) is 46.5 Å². The molecule has 0 amide bonds. The van der Waals surface area contributed by atoms with E-state index in [1.165, 1.54) is 6.33 Å². The molecule has 0 aliphatic heterocycles. The molecule has 0 saturated carbocycles. The van der Waals surface area contributed by atoms with Crippen LogP contribution in [-0.4, -0.2) is 21.4 Å². The van der Waals surface area contributed by atoms with Crippen LogP contribution in [0.25, 0.3) is 12.0 Å². The fourth-order valence-corrected chi connectivity index (χ4v) is 1.99. The molecule has 0 radical (unpaired) electrons. The molecule has 0 fully saturated rings. The maximum atomic E-state index is 6.19. The number of benzene rings is 1. The molecule has 6 heteroatoms. The minimum Gasteiger partial charge on any atom is -0.491 e. The fraction of sp³-hybridized carbons (Fsp3) is 0.231. The minimum atomic E-state index is 0.537. The Hall–Kier alpha value is -1.52. The molecule has 0 saturated heterocycles. The zero-order valence-corrected chi connectivity index (χ0v) is 11.9. The average Bonchev–Trinajstić information content (AvgIpc) is 2.88. The highest BCUT2D eigenvalue weighted by Gasteiger charge is 2.09. The van der Waals surface area contributed by atoms with E-state index in [1.54, 1.807) is 29.3 Å². The number of halogens is 2. The molecule has 0 aliphatic carbocycles. The number of hydrogen-bond donors (Lipinski definition) is 0. The van der Waals surface area contributed by atoms with Crippen LogP contribution in [0.2, 0.25) is 10.0 Å². The van der Waals surface area contributed by atoms with E-state index in [0.29, 0.717) is 22.4 Å². The van der Waals surface area contributed by atoms with Gasteiger partial charge in [-0.1, -0.05) is 30.1 Å². The summed E-state index contributed by atoms with van der Waals surface area (Å²) < 4.78 is 7.28. The number of nitrogens with zero attached hydrogens (tertiary/aromatic N) is 3. The van der Waals surface area contributed by atoms with Gasteiger partial charge in [-0.05, 0) is 24.6 Å². The lowest BCUT2D eigenvalue weighted by Crippen LogP contribution is -1.98. The summed E-state index contributed by atoms with van der Waals surface area (Å²) in [5.74, 6) is 0.633. The lowest BCUT2D eigenvalue weighted by Gasteiger charge is -2.11. The molecule has 2 rings (SSSR count). The highest BCUT2D eigenvalue weighted by atomic mass is 35.5. The Bertz CT molecular complexity index is 567. The van der Waals surface area contributed by atoms with Gasteiger partial charge >= 0.3 is 0 Å². The van der Waals surface area contributed by atoms with E-state index in [-0.39, 0.29) is 0 Å². The van der Waals surface area contributed by atoms with Crippen LogP contribution in [0.15, 0.2) is 30.9 Å². The Morgan fingerprint density at radius 2 is 2.26 bits per heavy atom. The molecular formula is C13H13Cl2N3O. The standard InChI is InChI=1S/C13H13Cl2N3O/c1-2-5-19-13(7-18-9-16-8-17-18)11-4-3-10(14)6-12(11)15/h3-4,6-9H,2,5H2,1H3/b13-7-. The van der Waals surface area contributed by atoms with Gasteiger partial charge < -0.3 is 4.74 Å². The molecule has 0 bridgehead atoms. The van der Waals surface area contributed by atoms with E-state index in [0.717, 1.165) is 12.0 Å². The van der Waals surface area contributed by atoms with Gasteiger partial charge in [-0.15, -0.1) is 0 Å². The first-order valence-corrected chi connectivity index (χ1v) is 6.60. The Labute approximate surface area is 121 Å². The molecule has 0 unspecified atom stereocenters. The first-order chi connectivity index (χ1) is 9.20. The van der Waals surface area contributed by atoms with Crippen molar-refractivity contribution in [1.82, 2.24) is 14.8 Å². The summed E-state index contributed by atoms with van der Waals surface area (Å²) in [6, 6.07) is 5.28. The molecule has 1 aromatic heterocycles. The number of ether oxygens (including phenoxy) is 1. The van der Waals surface area contributed by atoms with Gasteiger partial charge in [-0.2, -0.15) is 5.10 Å². The van der Waals surface area contributed by atoms with Crippen molar-refractivity contribution >= 4 is 35.2 Å². The van der Waals surface area contributed by atoms with Crippen LogP contribution in [0.5, 0.6) is 0 Å². The zero-order chi connectivity index (χ0) is 13.7. The maximum Gasteiger partial charge on any atom is 0.146 e. The SMILES string of the molecule is CCCO/C(=C\n1cncn1)c1ccc(Cl)cc1Cl. The highest BCUT2D eigenvalue weighted by Crippen LogP contribution is 2.28. The van der Waals surface area contributed by atoms with E-state index in [1.807, 2.05) is 13.0 Å². The van der Waals surface area contributed by atoms with Gasteiger partial charge in [0.2, 0.25) is 0 Å². The van der Waals surface area contributed by atoms with Crippen molar-refractivity contribution in [2.75, 3.05) is 6.61 Å². The minimum absolute atomic E-state index is 0.537. The van der Waals surface area contributed by atoms with Crippen LogP contribution in [-0.2, 0) is 4.74 Å². The summed E-state index contributed by atoms with van der Waals surface area (Å²) in [6.45, 7) is 2.63. The third-order valence-electron chi connectivity index (χ3n) is 2.34. The molecule has 19 heavy (non-hydrogen) atoms. The van der Waals surface area contributed by atoms with Crippen molar-refractivity contribution in [1.29, 1.82) is 0 Å². The second-order valence-corrected chi connectivity index (χ2v) is 4.69. The molecule has 1 heterocycles. The predicted molar refractivity (Wildman–Crippen MR) is 76.9 cm³/mol. The summed E-state index contributed by atoms with van der Waals surface area (Å²) in [5.41, 5.74) is 0.773. The average molecular weight is 298 g/mol. The summed E-state index contributed by atoms with van der Waals surface area (Å²) in [5, 5.41) is 5.14. The topological polar surface area (TPSA) is 39.9 Å². The molecule has 0 atom stereocenters. The van der Waals surface area contributed by atoms with Crippen LogP contribution in [0, 0.1) is 0 Å². The normalized spacial score (nSPS) is 11.6. The molecule has 1 aromatic carbocycles. The van der Waals surface area contributed by atoms with Crippen LogP contribution in [0.1, 0.15) is 18.9 Å². The van der Waals surface area contributed by atoms with E-state index in [2.05, 4.69) is 10.1 Å². The largest absolute Gasteiger partial charge is 0.491 e. The van der Waals surface area contributed by atoms with Crippen LogP contribution < -0.4 is 0 Å². The van der Waals surface area contributed by atoms with Crippen molar-refractivity contribution in [3.8, 4) is 0 Å². The first kappa shape index (κ1) is 13.9. The quantitative estimate of drug-likeness (QED) is 0.784. The molecule has 0 spiro atoms. The molecule has 0 aliphatic rings. The van der Waals surface area contributed by atoms with Crippen molar-refractivity contribution in [2.24, 2.45) is 0 Å². The van der Waals surface area contributed by atoms with E-state index < -0.39 is 0 Å². The van der Waals surface area contributed by atoms with Crippen LogP contribution in [0.4, 0.5) is 0 Å². The molecular weight excluding hydrogens is 285 g/mol. The van der Waals surface area contributed by atoms with Crippen molar-refractivity contribution < 1.29 is 4.74 Å². The summed E-state index contributed by atoms with van der Waals surface area (Å²) in [7, 11) is 0. The molecule has 4 nitrogen and oxygen atoms in total. The lowest BCUT2D eigenvalue weighted by atomic mass is 10.2. The van der Waals surface area contributed by atoms with Gasteiger partial charge in [0.05, 0.1) is 17.8 Å². The first-order valence-electron chi connectivity index (χ1n) is 5.85. The fourth-order valence-electron chi connectivity index (χ4n) is 1.49. The van der Waals surface area contributed by atoms with Crippen LogP contribution >= 0.6 is 23.2 Å². The predicted octanol–water partition coefficient (Wildman–Crippen LogP) is 3.97. The molecule has 100 valence electrons. The third-order valence-corrected chi connectivity index (χ3v) is 2.89. The van der Waals surface area contributed by atoms with Crippen molar-refractivity contribution in [3.63, 3.8) is 0 Å². The van der Waals surface area contributed by atoms with Crippen molar-refractivity contribution in [2.45, 2.75) is 13.3 Å². The van der Waals surface area contributed by atoms with E-state index in [4.69, 9.17) is 27.9 Å². The van der Waals surface area contributed by atoms with Gasteiger partial charge in [-0.25, -0.2) is 9.67 Å². The highest BCUT2D eigenvalue weighted by molar-refractivity contribution is 6.35. The van der Waals surface area contributed by atoms with E-state index >= 15 is 0 Å². The number of aromatic nitrogens is 3. The Morgan fingerprint density at radius 3 is 2.89 bits per heavy atom. The van der Waals surface area contributed by atoms with Gasteiger partial charge in [-0.3, -0.25) is 0 Å². The number of rotatable bonds is 5. The monoisotopic (exact) mass is 297 g/mol. The molecule has 2 aromatic rings. The van der Waals surface area contributed by atoms with Gasteiger partial charge in [0, 0.05) is 10.6 Å². The molecule has 0 N–H and O–H groups in total. The van der Waals surface area contributed by atoms with Gasteiger partial charge in [0.15, 0.2) is 0 Å². The smallest absolute Gasteiger partial charge is 0.146 e. The van der Waals surface area contributed by atoms with Gasteiger partial charge in [0.1, 0.15) is 18.4 Å². The summed E-state index contributed by atoms with van der Waals surface area (Å²) in [6.07, 6.45) is 5.67. The third kappa shape index (κ3) is 3.72. The van der Waals surface area contributed by atoms with Gasteiger partial charge in [0.25, 0.3) is 0 Å². The Morgan fingerprint density at radius 1 is 1.42 bits per heavy atom. The second-order valence-electron chi connectivity index (χ2n) is 3.84.